The molecule has 1 aromatic rings. The SMILES string of the molecule is [C-]#[N+][C@@H]1C[C@@H](O)C(c2ccc(C(C)(C)C(O)CCCCC)cc2)C1CCCCC[CH2-].[Y]. The minimum atomic E-state index is -0.444. The molecule has 0 spiro atoms. The van der Waals surface area contributed by atoms with Crippen LogP contribution in [0.25, 0.3) is 4.85 Å². The summed E-state index contributed by atoms with van der Waals surface area (Å²) in [5.74, 6) is 0.260. The van der Waals surface area contributed by atoms with Gasteiger partial charge in [-0.05, 0) is 24.0 Å². The van der Waals surface area contributed by atoms with Crippen LogP contribution in [-0.2, 0) is 38.1 Å². The van der Waals surface area contributed by atoms with Crippen molar-refractivity contribution in [1.29, 1.82) is 0 Å². The summed E-state index contributed by atoms with van der Waals surface area (Å²) in [6.07, 6.45) is 9.32. The molecule has 171 valence electrons. The van der Waals surface area contributed by atoms with E-state index in [4.69, 9.17) is 6.57 Å². The first-order chi connectivity index (χ1) is 14.4. The van der Waals surface area contributed by atoms with Gasteiger partial charge in [0, 0.05) is 56.4 Å². The van der Waals surface area contributed by atoms with Crippen LogP contribution >= 0.6 is 0 Å². The Bertz CT molecular complexity index is 667. The average Bonchev–Trinajstić information content (AvgIpc) is 3.06. The van der Waals surface area contributed by atoms with Gasteiger partial charge in [-0.2, -0.15) is 6.42 Å². The summed E-state index contributed by atoms with van der Waals surface area (Å²) < 4.78 is 0. The number of aliphatic hydroxyl groups is 2. The number of rotatable bonds is 12. The Morgan fingerprint density at radius 3 is 2.39 bits per heavy atom. The fourth-order valence-electron chi connectivity index (χ4n) is 5.09. The molecule has 0 aromatic heterocycles. The van der Waals surface area contributed by atoms with Gasteiger partial charge in [-0.15, -0.1) is 0 Å². The zero-order valence-electron chi connectivity index (χ0n) is 19.9. The van der Waals surface area contributed by atoms with Crippen LogP contribution in [0.4, 0.5) is 0 Å². The Morgan fingerprint density at radius 1 is 1.13 bits per heavy atom. The molecule has 5 atom stereocenters. The van der Waals surface area contributed by atoms with Gasteiger partial charge in [0.25, 0.3) is 0 Å². The maximum Gasteiger partial charge on any atom is 0.229 e. The number of benzene rings is 1. The molecule has 0 aliphatic heterocycles. The molecule has 1 aromatic carbocycles. The Morgan fingerprint density at radius 2 is 1.81 bits per heavy atom. The zero-order valence-corrected chi connectivity index (χ0v) is 22.7. The first-order valence-corrected chi connectivity index (χ1v) is 12.0. The second-order valence-electron chi connectivity index (χ2n) is 9.75. The molecule has 0 bridgehead atoms. The molecule has 2 rings (SSSR count). The van der Waals surface area contributed by atoms with Crippen LogP contribution in [0.15, 0.2) is 24.3 Å². The van der Waals surface area contributed by atoms with Crippen LogP contribution in [0.1, 0.15) is 102 Å². The molecule has 1 aliphatic rings. The van der Waals surface area contributed by atoms with Crippen molar-refractivity contribution in [2.75, 3.05) is 0 Å². The van der Waals surface area contributed by atoms with E-state index in [0.717, 1.165) is 68.9 Å². The van der Waals surface area contributed by atoms with Gasteiger partial charge in [0.1, 0.15) is 0 Å². The third-order valence-electron chi connectivity index (χ3n) is 7.26. The molecular formula is C27H42NO2Y-. The summed E-state index contributed by atoms with van der Waals surface area (Å²) in [5, 5.41) is 21.5. The number of aliphatic hydroxyl groups excluding tert-OH is 2. The number of hydrogen-bond acceptors (Lipinski definition) is 2. The molecule has 1 aliphatic carbocycles. The van der Waals surface area contributed by atoms with E-state index in [2.05, 4.69) is 56.8 Å². The van der Waals surface area contributed by atoms with E-state index in [9.17, 15) is 10.2 Å². The predicted octanol–water partition coefficient (Wildman–Crippen LogP) is 6.44. The average molecular weight is 502 g/mol. The van der Waals surface area contributed by atoms with Gasteiger partial charge in [-0.3, -0.25) is 0 Å². The molecule has 1 fully saturated rings. The maximum absolute atomic E-state index is 10.8. The van der Waals surface area contributed by atoms with E-state index in [0.29, 0.717) is 6.42 Å². The van der Waals surface area contributed by atoms with Crippen molar-refractivity contribution < 1.29 is 42.9 Å². The van der Waals surface area contributed by atoms with Crippen molar-refractivity contribution in [1.82, 2.24) is 0 Å². The largest absolute Gasteiger partial charge is 0.392 e. The van der Waals surface area contributed by atoms with Crippen LogP contribution in [0.5, 0.6) is 0 Å². The van der Waals surface area contributed by atoms with Crippen molar-refractivity contribution in [2.45, 2.75) is 115 Å². The van der Waals surface area contributed by atoms with E-state index >= 15 is 0 Å². The second-order valence-corrected chi connectivity index (χ2v) is 9.75. The third-order valence-corrected chi connectivity index (χ3v) is 7.26. The van der Waals surface area contributed by atoms with Crippen LogP contribution in [0.2, 0.25) is 0 Å². The Balaban J connectivity index is 0.00000480. The Labute approximate surface area is 216 Å². The van der Waals surface area contributed by atoms with E-state index in [1.807, 2.05) is 0 Å². The van der Waals surface area contributed by atoms with Crippen molar-refractivity contribution in [2.24, 2.45) is 5.92 Å². The molecular weight excluding hydrogens is 459 g/mol. The Kier molecular flexibility index (Phi) is 13.1. The van der Waals surface area contributed by atoms with Crippen molar-refractivity contribution in [3.05, 3.63) is 53.7 Å². The van der Waals surface area contributed by atoms with Crippen molar-refractivity contribution >= 4 is 0 Å². The molecule has 3 nitrogen and oxygen atoms in total. The number of hydrogen-bond donors (Lipinski definition) is 2. The van der Waals surface area contributed by atoms with E-state index < -0.39 is 6.10 Å². The number of nitrogens with zero attached hydrogens (tertiary/aromatic N) is 1. The minimum Gasteiger partial charge on any atom is -0.392 e. The molecule has 3 unspecified atom stereocenters. The van der Waals surface area contributed by atoms with E-state index in [1.165, 1.54) is 0 Å². The summed E-state index contributed by atoms with van der Waals surface area (Å²) >= 11 is 0. The summed E-state index contributed by atoms with van der Waals surface area (Å²) in [6.45, 7) is 17.9. The Hall–Kier alpha value is -0.266. The molecule has 1 saturated carbocycles. The maximum atomic E-state index is 10.8. The third kappa shape index (κ3) is 7.63. The summed E-state index contributed by atoms with van der Waals surface area (Å²) in [5.41, 5.74) is 1.97. The molecule has 31 heavy (non-hydrogen) atoms. The molecule has 0 amide bonds. The second kappa shape index (κ2) is 14.1. The van der Waals surface area contributed by atoms with Gasteiger partial charge in [0.05, 0.1) is 12.2 Å². The molecule has 1 radical (unpaired) electrons. The quantitative estimate of drug-likeness (QED) is 0.256. The van der Waals surface area contributed by atoms with Gasteiger partial charge in [0.15, 0.2) is 0 Å². The van der Waals surface area contributed by atoms with Gasteiger partial charge < -0.3 is 22.0 Å². The molecule has 2 N–H and O–H groups in total. The molecule has 0 heterocycles. The molecule has 4 heteroatoms. The monoisotopic (exact) mass is 501 g/mol. The van der Waals surface area contributed by atoms with Crippen molar-refractivity contribution in [3.8, 4) is 0 Å². The van der Waals surface area contributed by atoms with Gasteiger partial charge in [0.2, 0.25) is 6.04 Å². The van der Waals surface area contributed by atoms with Crippen LogP contribution < -0.4 is 0 Å². The first-order valence-electron chi connectivity index (χ1n) is 12.0. The smallest absolute Gasteiger partial charge is 0.229 e. The standard InChI is InChI=1S/C27H42NO2.Y/c1-6-8-10-12-13-22-23(28-5)19-24(29)26(22)20-15-17-21(18-16-20)27(3,4)25(30)14-11-9-7-2;/h15-18,22-26,29-30H,1,6-14,19H2,2-4H3;/q-1;/t22?,23-,24-,25?,26?;/m1./s1. The van der Waals surface area contributed by atoms with Gasteiger partial charge in [-0.1, -0.05) is 83.6 Å². The first kappa shape index (κ1) is 28.8. The summed E-state index contributed by atoms with van der Waals surface area (Å²) in [7, 11) is 0. The summed E-state index contributed by atoms with van der Waals surface area (Å²) in [6, 6.07) is 8.41. The fraction of sp³-hybridized carbons (Fsp3) is 0.704. The summed E-state index contributed by atoms with van der Waals surface area (Å²) in [4.78, 5) is 3.85. The topological polar surface area (TPSA) is 44.8 Å². The van der Waals surface area contributed by atoms with E-state index in [1.54, 1.807) is 0 Å². The molecule has 0 saturated heterocycles. The van der Waals surface area contributed by atoms with Gasteiger partial charge >= 0.3 is 0 Å². The normalized spacial score (nSPS) is 24.4. The number of unbranched alkanes of at least 4 members (excludes halogenated alkanes) is 5. The van der Waals surface area contributed by atoms with Crippen molar-refractivity contribution in [3.63, 3.8) is 0 Å². The van der Waals surface area contributed by atoms with E-state index in [-0.39, 0.29) is 62.1 Å². The fourth-order valence-corrected chi connectivity index (χ4v) is 5.09. The van der Waals surface area contributed by atoms with Crippen LogP contribution in [0.3, 0.4) is 0 Å². The zero-order chi connectivity index (χ0) is 22.1. The van der Waals surface area contributed by atoms with Crippen LogP contribution in [-0.4, -0.2) is 28.5 Å². The van der Waals surface area contributed by atoms with Gasteiger partial charge in [-0.25, -0.2) is 6.57 Å². The minimum absolute atomic E-state index is 0. The van der Waals surface area contributed by atoms with Crippen LogP contribution in [0, 0.1) is 19.4 Å². The predicted molar refractivity (Wildman–Crippen MR) is 125 cm³/mol.